The van der Waals surface area contributed by atoms with Gasteiger partial charge in [0, 0.05) is 49.0 Å². The van der Waals surface area contributed by atoms with Crippen molar-refractivity contribution in [1.29, 1.82) is 0 Å². The van der Waals surface area contributed by atoms with E-state index >= 15 is 0 Å². The Kier molecular flexibility index (Phi) is 8.28. The average Bonchev–Trinajstić information content (AvgIpc) is 3.40. The van der Waals surface area contributed by atoms with Crippen molar-refractivity contribution in [2.75, 3.05) is 13.1 Å². The van der Waals surface area contributed by atoms with E-state index in [4.69, 9.17) is 23.2 Å². The number of non-ortho nitro benzene ring substituents is 1. The number of nitro benzene ring substituents is 1. The molecule has 35 heavy (non-hydrogen) atoms. The van der Waals surface area contributed by atoms with Gasteiger partial charge in [-0.15, -0.1) is 0 Å². The van der Waals surface area contributed by atoms with Crippen molar-refractivity contribution in [3.05, 3.63) is 86.4 Å². The molecule has 8 nitrogen and oxygen atoms in total. The van der Waals surface area contributed by atoms with E-state index in [0.717, 1.165) is 36.2 Å². The summed E-state index contributed by atoms with van der Waals surface area (Å²) in [6.07, 6.45) is 5.58. The average molecular weight is 514 g/mol. The van der Waals surface area contributed by atoms with Crippen molar-refractivity contribution in [3.63, 3.8) is 0 Å². The molecule has 3 aromatic rings. The molecule has 1 saturated heterocycles. The number of nitrogens with zero attached hydrogens (tertiary/aromatic N) is 3. The minimum Gasteiger partial charge on any atom is -0.353 e. The largest absolute Gasteiger partial charge is 0.353 e. The fourth-order valence-electron chi connectivity index (χ4n) is 4.21. The highest BCUT2D eigenvalue weighted by Crippen LogP contribution is 2.28. The van der Waals surface area contributed by atoms with Gasteiger partial charge in [0.2, 0.25) is 5.91 Å². The number of amides is 1. The zero-order chi connectivity index (χ0) is 24.8. The summed E-state index contributed by atoms with van der Waals surface area (Å²) in [6, 6.07) is 11.7. The maximum atomic E-state index is 12.8. The quantitative estimate of drug-likeness (QED) is 0.318. The Bertz CT molecular complexity index is 1180. The molecule has 2 aromatic carbocycles. The number of hydrogen-bond donors (Lipinski definition) is 2. The van der Waals surface area contributed by atoms with Crippen LogP contribution < -0.4 is 10.6 Å². The number of hydrogen-bond acceptors (Lipinski definition) is 6. The minimum atomic E-state index is -0.439. The van der Waals surface area contributed by atoms with Crippen LogP contribution in [-0.4, -0.2) is 39.9 Å². The molecule has 1 fully saturated rings. The van der Waals surface area contributed by atoms with Gasteiger partial charge >= 0.3 is 0 Å². The van der Waals surface area contributed by atoms with E-state index in [1.165, 1.54) is 12.1 Å². The standard InChI is InChI=1S/C25H25Cl2N5O3/c26-21-3-1-2-17(25(21)27)12-22(18-10-11-28-13-18)31-24(33)9-8-23-29-14-19(15-30-23)16-4-6-20(7-5-16)32(34)35/h1-7,14-15,18,22,28H,8-13H2,(H,31,33)/t18-,22?/m0/s1. The fraction of sp³-hybridized carbons (Fsp3) is 0.320. The first-order valence-corrected chi connectivity index (χ1v) is 12.1. The fourth-order valence-corrected chi connectivity index (χ4v) is 4.61. The number of nitrogens with one attached hydrogen (secondary N) is 2. The highest BCUT2D eigenvalue weighted by molar-refractivity contribution is 6.42. The molecular weight excluding hydrogens is 489 g/mol. The lowest BCUT2D eigenvalue weighted by Gasteiger charge is -2.25. The van der Waals surface area contributed by atoms with Crippen LogP contribution in [0.1, 0.15) is 24.2 Å². The summed E-state index contributed by atoms with van der Waals surface area (Å²) in [5.41, 5.74) is 2.48. The molecule has 4 rings (SSSR count). The Morgan fingerprint density at radius 3 is 2.54 bits per heavy atom. The molecule has 1 unspecified atom stereocenters. The highest BCUT2D eigenvalue weighted by atomic mass is 35.5. The lowest BCUT2D eigenvalue weighted by atomic mass is 9.92. The summed E-state index contributed by atoms with van der Waals surface area (Å²) >= 11 is 12.6. The molecule has 0 radical (unpaired) electrons. The minimum absolute atomic E-state index is 0.0293. The predicted octanol–water partition coefficient (Wildman–Crippen LogP) is 4.63. The van der Waals surface area contributed by atoms with Gasteiger partial charge in [-0.3, -0.25) is 14.9 Å². The van der Waals surface area contributed by atoms with Crippen molar-refractivity contribution < 1.29 is 9.72 Å². The molecule has 2 heterocycles. The third-order valence-corrected chi connectivity index (χ3v) is 7.04. The number of aromatic nitrogens is 2. The van der Waals surface area contributed by atoms with E-state index in [-0.39, 0.29) is 24.1 Å². The van der Waals surface area contributed by atoms with Crippen LogP contribution in [0.3, 0.4) is 0 Å². The summed E-state index contributed by atoms with van der Waals surface area (Å²) in [6.45, 7) is 1.77. The number of nitro groups is 1. The van der Waals surface area contributed by atoms with Crippen LogP contribution in [0.15, 0.2) is 54.9 Å². The molecule has 1 aliphatic heterocycles. The summed E-state index contributed by atoms with van der Waals surface area (Å²) in [4.78, 5) is 31.9. The molecule has 2 N–H and O–H groups in total. The highest BCUT2D eigenvalue weighted by Gasteiger charge is 2.27. The van der Waals surface area contributed by atoms with Crippen LogP contribution in [0.2, 0.25) is 10.0 Å². The second-order valence-corrected chi connectivity index (χ2v) is 9.32. The maximum absolute atomic E-state index is 12.8. The van der Waals surface area contributed by atoms with Crippen LogP contribution in [0.25, 0.3) is 11.1 Å². The molecule has 0 spiro atoms. The first kappa shape index (κ1) is 25.0. The lowest BCUT2D eigenvalue weighted by molar-refractivity contribution is -0.384. The molecular formula is C25H25Cl2N5O3. The van der Waals surface area contributed by atoms with Crippen molar-refractivity contribution in [2.45, 2.75) is 31.7 Å². The van der Waals surface area contributed by atoms with E-state index in [9.17, 15) is 14.9 Å². The number of carbonyl (C=O) groups excluding carboxylic acids is 1. The van der Waals surface area contributed by atoms with Crippen LogP contribution in [0.4, 0.5) is 5.69 Å². The molecule has 10 heteroatoms. The van der Waals surface area contributed by atoms with Gasteiger partial charge in [0.1, 0.15) is 5.82 Å². The number of aryl methyl sites for hydroxylation is 1. The Labute approximate surface area is 213 Å². The Hall–Kier alpha value is -3.07. The summed E-state index contributed by atoms with van der Waals surface area (Å²) < 4.78 is 0. The Morgan fingerprint density at radius 2 is 1.89 bits per heavy atom. The van der Waals surface area contributed by atoms with E-state index in [2.05, 4.69) is 20.6 Å². The van der Waals surface area contributed by atoms with E-state index in [1.807, 2.05) is 12.1 Å². The van der Waals surface area contributed by atoms with Crippen molar-refractivity contribution >= 4 is 34.8 Å². The molecule has 2 atom stereocenters. The maximum Gasteiger partial charge on any atom is 0.269 e. The van der Waals surface area contributed by atoms with Crippen LogP contribution >= 0.6 is 23.2 Å². The Morgan fingerprint density at radius 1 is 1.14 bits per heavy atom. The molecule has 1 aromatic heterocycles. The topological polar surface area (TPSA) is 110 Å². The first-order valence-electron chi connectivity index (χ1n) is 11.4. The van der Waals surface area contributed by atoms with Crippen molar-refractivity contribution in [1.82, 2.24) is 20.6 Å². The van der Waals surface area contributed by atoms with Gasteiger partial charge in [-0.25, -0.2) is 9.97 Å². The zero-order valence-electron chi connectivity index (χ0n) is 18.9. The first-order chi connectivity index (χ1) is 16.9. The van der Waals surface area contributed by atoms with E-state index < -0.39 is 4.92 Å². The third kappa shape index (κ3) is 6.54. The van der Waals surface area contributed by atoms with Gasteiger partial charge in [0.25, 0.3) is 5.69 Å². The summed E-state index contributed by atoms with van der Waals surface area (Å²) in [5.74, 6) is 0.803. The van der Waals surface area contributed by atoms with Gasteiger partial charge in [-0.1, -0.05) is 35.3 Å². The lowest BCUT2D eigenvalue weighted by Crippen LogP contribution is -2.42. The van der Waals surface area contributed by atoms with Crippen molar-refractivity contribution in [2.24, 2.45) is 5.92 Å². The molecule has 1 amide bonds. The van der Waals surface area contributed by atoms with Crippen LogP contribution in [0.5, 0.6) is 0 Å². The SMILES string of the molecule is O=C(CCc1ncc(-c2ccc([N+](=O)[O-])cc2)cn1)NC(Cc1cccc(Cl)c1Cl)[C@H]1CCNC1. The number of rotatable bonds is 9. The zero-order valence-corrected chi connectivity index (χ0v) is 20.4. The van der Waals surface area contributed by atoms with Gasteiger partial charge in [0.05, 0.1) is 15.0 Å². The van der Waals surface area contributed by atoms with Crippen molar-refractivity contribution in [3.8, 4) is 11.1 Å². The predicted molar refractivity (Wildman–Crippen MR) is 136 cm³/mol. The third-order valence-electron chi connectivity index (χ3n) is 6.18. The number of halogens is 2. The second kappa shape index (κ2) is 11.6. The normalized spacial score (nSPS) is 16.1. The van der Waals surface area contributed by atoms with Gasteiger partial charge in [0.15, 0.2) is 0 Å². The van der Waals surface area contributed by atoms with Gasteiger partial charge < -0.3 is 10.6 Å². The second-order valence-electron chi connectivity index (χ2n) is 8.54. The van der Waals surface area contributed by atoms with E-state index in [0.29, 0.717) is 34.6 Å². The van der Waals surface area contributed by atoms with Crippen LogP contribution in [-0.2, 0) is 17.6 Å². The van der Waals surface area contributed by atoms with E-state index in [1.54, 1.807) is 30.6 Å². The van der Waals surface area contributed by atoms with Gasteiger partial charge in [-0.2, -0.15) is 0 Å². The Balaban J connectivity index is 1.35. The smallest absolute Gasteiger partial charge is 0.269 e. The van der Waals surface area contributed by atoms with Crippen LogP contribution in [0, 0.1) is 16.0 Å². The molecule has 1 aliphatic rings. The number of benzene rings is 2. The summed E-state index contributed by atoms with van der Waals surface area (Å²) in [7, 11) is 0. The number of carbonyl (C=O) groups is 1. The van der Waals surface area contributed by atoms with Gasteiger partial charge in [-0.05, 0) is 61.2 Å². The molecule has 0 bridgehead atoms. The molecule has 0 saturated carbocycles. The monoisotopic (exact) mass is 513 g/mol. The summed E-state index contributed by atoms with van der Waals surface area (Å²) in [5, 5.41) is 18.4. The molecule has 182 valence electrons. The molecule has 0 aliphatic carbocycles.